The van der Waals surface area contributed by atoms with Gasteiger partial charge in [-0.15, -0.1) is 5.10 Å². The normalized spacial score (nSPS) is 26.8. The third-order valence-electron chi connectivity index (χ3n) is 5.21. The largest absolute Gasteiger partial charge is 0.380 e. The molecule has 9 nitrogen and oxygen atoms in total. The van der Waals surface area contributed by atoms with Crippen molar-refractivity contribution in [3.05, 3.63) is 36.2 Å². The first-order chi connectivity index (χ1) is 12.5. The van der Waals surface area contributed by atoms with E-state index < -0.39 is 15.1 Å². The molecule has 2 saturated heterocycles. The predicted molar refractivity (Wildman–Crippen MR) is 91.3 cm³/mol. The maximum absolute atomic E-state index is 12.6. The van der Waals surface area contributed by atoms with Crippen LogP contribution in [0.25, 0.3) is 5.69 Å². The number of hydrogen-bond donors (Lipinski definition) is 0. The molecular weight excluding hydrogens is 358 g/mol. The monoisotopic (exact) mass is 377 g/mol. The molecule has 26 heavy (non-hydrogen) atoms. The number of sulfone groups is 1. The Morgan fingerprint density at radius 3 is 2.69 bits per heavy atom. The summed E-state index contributed by atoms with van der Waals surface area (Å²) >= 11 is 0. The first-order valence-corrected chi connectivity index (χ1v) is 10.0. The van der Waals surface area contributed by atoms with Crippen LogP contribution >= 0.6 is 0 Å². The minimum absolute atomic E-state index is 0.0550. The molecule has 1 aromatic carbocycles. The van der Waals surface area contributed by atoms with Crippen LogP contribution in [0.15, 0.2) is 30.6 Å². The van der Waals surface area contributed by atoms with Crippen LogP contribution in [0.5, 0.6) is 0 Å². The van der Waals surface area contributed by atoms with Crippen LogP contribution in [0, 0.1) is 5.92 Å². The van der Waals surface area contributed by atoms with E-state index in [9.17, 15) is 13.2 Å². The van der Waals surface area contributed by atoms with Crippen molar-refractivity contribution in [1.82, 2.24) is 25.1 Å². The number of benzene rings is 1. The van der Waals surface area contributed by atoms with Crippen LogP contribution in [0.4, 0.5) is 0 Å². The second-order valence-electron chi connectivity index (χ2n) is 6.70. The Balaban J connectivity index is 1.43. The average Bonchev–Trinajstić information content (AvgIpc) is 3.33. The summed E-state index contributed by atoms with van der Waals surface area (Å²) < 4.78 is 31.4. The lowest BCUT2D eigenvalue weighted by Gasteiger charge is -2.19. The molecule has 2 aromatic rings. The number of rotatable bonds is 4. The van der Waals surface area contributed by atoms with Crippen LogP contribution in [-0.4, -0.2) is 76.7 Å². The Bertz CT molecular complexity index is 897. The molecule has 0 aliphatic carbocycles. The highest BCUT2D eigenvalue weighted by Crippen LogP contribution is 2.35. The van der Waals surface area contributed by atoms with Gasteiger partial charge in [0.2, 0.25) is 5.91 Å². The molecule has 0 unspecified atom stereocenters. The van der Waals surface area contributed by atoms with Crippen LogP contribution < -0.4 is 0 Å². The number of nitrogens with zero attached hydrogens (tertiary/aromatic N) is 5. The second-order valence-corrected chi connectivity index (χ2v) is 8.97. The van der Waals surface area contributed by atoms with Crippen molar-refractivity contribution in [3.8, 4) is 5.69 Å². The van der Waals surface area contributed by atoms with E-state index in [0.29, 0.717) is 6.54 Å². The van der Waals surface area contributed by atoms with Gasteiger partial charge in [-0.05, 0) is 28.1 Å². The number of ether oxygens (including phenoxy) is 1. The van der Waals surface area contributed by atoms with E-state index in [4.69, 9.17) is 4.74 Å². The summed E-state index contributed by atoms with van der Waals surface area (Å²) in [6.07, 6.45) is 1.40. The Morgan fingerprint density at radius 1 is 1.27 bits per heavy atom. The van der Waals surface area contributed by atoms with Gasteiger partial charge >= 0.3 is 0 Å². The van der Waals surface area contributed by atoms with Gasteiger partial charge in [-0.1, -0.05) is 12.1 Å². The van der Waals surface area contributed by atoms with Crippen molar-refractivity contribution in [3.63, 3.8) is 0 Å². The molecule has 0 radical (unpaired) electrons. The lowest BCUT2D eigenvalue weighted by atomic mass is 10.0. The molecule has 2 aliphatic rings. The molecule has 3 atom stereocenters. The van der Waals surface area contributed by atoms with Gasteiger partial charge in [0.25, 0.3) is 0 Å². The predicted octanol–water partition coefficient (Wildman–Crippen LogP) is -0.525. The lowest BCUT2D eigenvalue weighted by Crippen LogP contribution is -2.34. The van der Waals surface area contributed by atoms with Gasteiger partial charge in [0, 0.05) is 26.1 Å². The van der Waals surface area contributed by atoms with Crippen molar-refractivity contribution in [2.75, 3.05) is 26.0 Å². The number of aromatic nitrogens is 4. The summed E-state index contributed by atoms with van der Waals surface area (Å²) in [6.45, 7) is 0.693. The molecule has 3 heterocycles. The van der Waals surface area contributed by atoms with Crippen molar-refractivity contribution >= 4 is 15.7 Å². The summed E-state index contributed by atoms with van der Waals surface area (Å²) in [7, 11) is -1.67. The van der Waals surface area contributed by atoms with E-state index in [1.165, 1.54) is 18.1 Å². The third kappa shape index (κ3) is 2.99. The summed E-state index contributed by atoms with van der Waals surface area (Å²) in [5.41, 5.74) is 1.66. The molecule has 1 aromatic heterocycles. The average molecular weight is 377 g/mol. The zero-order valence-electron chi connectivity index (χ0n) is 14.2. The fraction of sp³-hybridized carbons (Fsp3) is 0.500. The van der Waals surface area contributed by atoms with Crippen LogP contribution in [0.1, 0.15) is 5.56 Å². The molecule has 0 spiro atoms. The third-order valence-corrected chi connectivity index (χ3v) is 7.42. The van der Waals surface area contributed by atoms with E-state index in [1.807, 2.05) is 24.3 Å². The molecule has 1 amide bonds. The van der Waals surface area contributed by atoms with Crippen molar-refractivity contribution in [2.45, 2.75) is 17.8 Å². The number of likely N-dealkylation sites (tertiary alicyclic amines) is 1. The Morgan fingerprint density at radius 2 is 2.04 bits per heavy atom. The number of carbonyl (C=O) groups is 1. The summed E-state index contributed by atoms with van der Waals surface area (Å²) in [5.74, 6) is -0.143. The highest BCUT2D eigenvalue weighted by atomic mass is 32.2. The highest BCUT2D eigenvalue weighted by Gasteiger charge is 2.53. The molecular formula is C16H19N5O4S. The van der Waals surface area contributed by atoms with Crippen LogP contribution in [0.2, 0.25) is 0 Å². The highest BCUT2D eigenvalue weighted by molar-refractivity contribution is 7.92. The van der Waals surface area contributed by atoms with Crippen molar-refractivity contribution < 1.29 is 17.9 Å². The second kappa shape index (κ2) is 6.44. The number of fused-ring (bicyclic) bond motifs is 1. The molecule has 0 saturated carbocycles. The number of tetrazole rings is 1. The molecule has 2 fully saturated rings. The van der Waals surface area contributed by atoms with Gasteiger partial charge in [-0.2, -0.15) is 0 Å². The summed E-state index contributed by atoms with van der Waals surface area (Å²) in [5, 5.41) is 10.5. The van der Waals surface area contributed by atoms with Gasteiger partial charge in [-0.3, -0.25) is 4.79 Å². The Kier molecular flexibility index (Phi) is 4.23. The minimum atomic E-state index is -3.20. The fourth-order valence-corrected chi connectivity index (χ4v) is 6.08. The maximum Gasteiger partial charge on any atom is 0.227 e. The van der Waals surface area contributed by atoms with Gasteiger partial charge in [-0.25, -0.2) is 13.1 Å². The summed E-state index contributed by atoms with van der Waals surface area (Å²) in [4.78, 5) is 14.3. The van der Waals surface area contributed by atoms with E-state index >= 15 is 0 Å². The van der Waals surface area contributed by atoms with E-state index in [2.05, 4.69) is 15.5 Å². The smallest absolute Gasteiger partial charge is 0.227 e. The minimum Gasteiger partial charge on any atom is -0.380 e. The first kappa shape index (κ1) is 17.1. The molecule has 0 bridgehead atoms. The molecule has 2 aliphatic heterocycles. The quantitative estimate of drug-likeness (QED) is 0.705. The molecule has 138 valence electrons. The van der Waals surface area contributed by atoms with Gasteiger partial charge in [0.05, 0.1) is 29.2 Å². The standard InChI is InChI=1S/C16H19N5O4S/c1-25-14-9-26(23,24)15-8-20(7-13(14)15)16(22)6-11-2-4-12(5-3-11)21-10-17-18-19-21/h2-5,10,13-15H,6-9H2,1H3/t13-,14+,15-/m0/s1. The zero-order chi connectivity index (χ0) is 18.3. The molecule has 0 N–H and O–H groups in total. The topological polar surface area (TPSA) is 107 Å². The van der Waals surface area contributed by atoms with Crippen LogP contribution in [0.3, 0.4) is 0 Å². The van der Waals surface area contributed by atoms with E-state index in [-0.39, 0.29) is 36.6 Å². The van der Waals surface area contributed by atoms with Crippen molar-refractivity contribution in [1.29, 1.82) is 0 Å². The number of carbonyl (C=O) groups excluding carboxylic acids is 1. The Hall–Kier alpha value is -2.33. The Labute approximate surface area is 150 Å². The fourth-order valence-electron chi connectivity index (χ4n) is 3.79. The number of amides is 1. The maximum atomic E-state index is 12.6. The van der Waals surface area contributed by atoms with Gasteiger partial charge in [0.1, 0.15) is 6.33 Å². The lowest BCUT2D eigenvalue weighted by molar-refractivity contribution is -0.129. The SMILES string of the molecule is CO[C@@H]1CS(=O)(=O)[C@H]2CN(C(=O)Cc3ccc(-n4cnnn4)cc3)C[C@@H]12. The van der Waals surface area contributed by atoms with Gasteiger partial charge < -0.3 is 9.64 Å². The van der Waals surface area contributed by atoms with Gasteiger partial charge in [0.15, 0.2) is 9.84 Å². The molecule has 4 rings (SSSR count). The number of hydrogen-bond acceptors (Lipinski definition) is 7. The number of methoxy groups -OCH3 is 1. The molecule has 10 heteroatoms. The zero-order valence-corrected chi connectivity index (χ0v) is 15.0. The first-order valence-electron chi connectivity index (χ1n) is 8.32. The van der Waals surface area contributed by atoms with Crippen LogP contribution in [-0.2, 0) is 25.8 Å². The van der Waals surface area contributed by atoms with E-state index in [0.717, 1.165) is 11.3 Å². The summed E-state index contributed by atoms with van der Waals surface area (Å²) in [6, 6.07) is 7.37. The van der Waals surface area contributed by atoms with Crippen molar-refractivity contribution in [2.24, 2.45) is 5.92 Å². The van der Waals surface area contributed by atoms with E-state index in [1.54, 1.807) is 4.90 Å².